The van der Waals surface area contributed by atoms with Crippen LogP contribution >= 0.6 is 0 Å². The highest BCUT2D eigenvalue weighted by atomic mass is 16.5. The van der Waals surface area contributed by atoms with Crippen molar-refractivity contribution in [3.05, 3.63) is 29.8 Å². The van der Waals surface area contributed by atoms with Crippen molar-refractivity contribution in [2.45, 2.75) is 51.6 Å². The molecule has 1 saturated heterocycles. The van der Waals surface area contributed by atoms with Gasteiger partial charge < -0.3 is 9.64 Å². The molecule has 0 radical (unpaired) electrons. The van der Waals surface area contributed by atoms with E-state index in [1.807, 2.05) is 0 Å². The van der Waals surface area contributed by atoms with Gasteiger partial charge in [-0.1, -0.05) is 25.5 Å². The van der Waals surface area contributed by atoms with E-state index in [9.17, 15) is 0 Å². The summed E-state index contributed by atoms with van der Waals surface area (Å²) in [6, 6.07) is 8.75. The molecule has 0 N–H and O–H groups in total. The second-order valence-electron chi connectivity index (χ2n) is 6.21. The lowest BCUT2D eigenvalue weighted by Crippen LogP contribution is -2.29. The summed E-state index contributed by atoms with van der Waals surface area (Å²) in [5, 5.41) is 0. The second-order valence-corrected chi connectivity index (χ2v) is 6.21. The molecule has 19 heavy (non-hydrogen) atoms. The van der Waals surface area contributed by atoms with Gasteiger partial charge in [-0.2, -0.15) is 0 Å². The van der Waals surface area contributed by atoms with Crippen LogP contribution in [0.1, 0.15) is 45.6 Å². The lowest BCUT2D eigenvalue weighted by atomic mass is 9.76. The van der Waals surface area contributed by atoms with Gasteiger partial charge in [-0.3, -0.25) is 0 Å². The van der Waals surface area contributed by atoms with Gasteiger partial charge in [-0.25, -0.2) is 0 Å². The molecule has 106 valence electrons. The summed E-state index contributed by atoms with van der Waals surface area (Å²) < 4.78 is 5.85. The van der Waals surface area contributed by atoms with Gasteiger partial charge in [0, 0.05) is 12.0 Å². The third kappa shape index (κ3) is 3.30. The van der Waals surface area contributed by atoms with Crippen LogP contribution in [0.5, 0.6) is 5.75 Å². The Morgan fingerprint density at radius 2 is 2.16 bits per heavy atom. The van der Waals surface area contributed by atoms with E-state index in [1.165, 1.54) is 37.9 Å². The number of likely N-dealkylation sites (tertiary alicyclic amines) is 1. The van der Waals surface area contributed by atoms with Crippen molar-refractivity contribution in [1.82, 2.24) is 4.90 Å². The smallest absolute Gasteiger partial charge is 0.119 e. The third-order valence-corrected chi connectivity index (χ3v) is 4.09. The summed E-state index contributed by atoms with van der Waals surface area (Å²) in [4.78, 5) is 2.45. The Bertz CT molecular complexity index is 411. The average molecular weight is 261 g/mol. The van der Waals surface area contributed by atoms with Gasteiger partial charge in [-0.15, -0.1) is 0 Å². The number of likely N-dealkylation sites (N-methyl/N-ethyl adjacent to an activating group) is 1. The van der Waals surface area contributed by atoms with Gasteiger partial charge >= 0.3 is 0 Å². The molecule has 2 heteroatoms. The predicted octanol–water partition coefficient (Wildman–Crippen LogP) is 3.85. The SMILES string of the molecule is CCC[C@]1(c2cccc(OC(C)C)c2)CCN(C)C1. The maximum absolute atomic E-state index is 5.85. The summed E-state index contributed by atoms with van der Waals surface area (Å²) in [6.45, 7) is 8.82. The quantitative estimate of drug-likeness (QED) is 0.798. The Labute approximate surface area is 117 Å². The van der Waals surface area contributed by atoms with Gasteiger partial charge in [0.15, 0.2) is 0 Å². The molecule has 0 aromatic heterocycles. The fourth-order valence-corrected chi connectivity index (χ4v) is 3.31. The summed E-state index contributed by atoms with van der Waals surface area (Å²) in [5.74, 6) is 1.01. The van der Waals surface area contributed by atoms with Crippen molar-refractivity contribution >= 4 is 0 Å². The van der Waals surface area contributed by atoms with Gasteiger partial charge in [0.2, 0.25) is 0 Å². The summed E-state index contributed by atoms with van der Waals surface area (Å²) in [5.41, 5.74) is 1.79. The van der Waals surface area contributed by atoms with Crippen LogP contribution in [0.15, 0.2) is 24.3 Å². The largest absolute Gasteiger partial charge is 0.491 e. The first kappa shape index (κ1) is 14.4. The van der Waals surface area contributed by atoms with Crippen LogP contribution < -0.4 is 4.74 Å². The number of ether oxygens (including phenoxy) is 1. The zero-order valence-corrected chi connectivity index (χ0v) is 12.8. The Morgan fingerprint density at radius 3 is 2.74 bits per heavy atom. The van der Waals surface area contributed by atoms with Crippen molar-refractivity contribution in [2.75, 3.05) is 20.1 Å². The van der Waals surface area contributed by atoms with Crippen molar-refractivity contribution in [3.8, 4) is 5.75 Å². The normalized spacial score (nSPS) is 24.1. The molecule has 1 heterocycles. The van der Waals surface area contributed by atoms with Gasteiger partial charge in [0.1, 0.15) is 5.75 Å². The minimum atomic E-state index is 0.239. The maximum atomic E-state index is 5.85. The lowest BCUT2D eigenvalue weighted by Gasteiger charge is -2.30. The van der Waals surface area contributed by atoms with Crippen molar-refractivity contribution in [3.63, 3.8) is 0 Å². The van der Waals surface area contributed by atoms with E-state index in [-0.39, 0.29) is 6.10 Å². The molecule has 2 rings (SSSR count). The fraction of sp³-hybridized carbons (Fsp3) is 0.647. The minimum absolute atomic E-state index is 0.239. The lowest BCUT2D eigenvalue weighted by molar-refractivity contribution is 0.241. The Kier molecular flexibility index (Phi) is 4.51. The molecule has 2 nitrogen and oxygen atoms in total. The summed E-state index contributed by atoms with van der Waals surface area (Å²) in [6.07, 6.45) is 4.01. The Balaban J connectivity index is 2.27. The molecule has 1 aromatic carbocycles. The number of rotatable bonds is 5. The molecule has 1 fully saturated rings. The molecule has 1 aliphatic heterocycles. The van der Waals surface area contributed by atoms with Crippen LogP contribution in [-0.4, -0.2) is 31.1 Å². The van der Waals surface area contributed by atoms with Crippen LogP contribution in [0.2, 0.25) is 0 Å². The molecular formula is C17H27NO. The zero-order chi connectivity index (χ0) is 13.9. The molecule has 0 unspecified atom stereocenters. The van der Waals surface area contributed by atoms with Gasteiger partial charge in [0.25, 0.3) is 0 Å². The standard InChI is InChI=1S/C17H27NO/c1-5-9-17(10-11-18(4)13-17)15-7-6-8-16(12-15)19-14(2)3/h6-8,12,14H,5,9-11,13H2,1-4H3/t17-/m0/s1. The molecule has 0 bridgehead atoms. The maximum Gasteiger partial charge on any atom is 0.119 e. The Morgan fingerprint density at radius 1 is 1.37 bits per heavy atom. The average Bonchev–Trinajstić information content (AvgIpc) is 2.72. The van der Waals surface area contributed by atoms with Gasteiger partial charge in [-0.05, 0) is 58.0 Å². The molecule has 1 atom stereocenters. The van der Waals surface area contributed by atoms with Crippen LogP contribution in [-0.2, 0) is 5.41 Å². The summed E-state index contributed by atoms with van der Waals surface area (Å²) >= 11 is 0. The van der Waals surface area contributed by atoms with Crippen molar-refractivity contribution < 1.29 is 4.74 Å². The second kappa shape index (κ2) is 5.96. The highest BCUT2D eigenvalue weighted by Crippen LogP contribution is 2.39. The summed E-state index contributed by atoms with van der Waals surface area (Å²) in [7, 11) is 2.23. The number of benzene rings is 1. The van der Waals surface area contributed by atoms with E-state index >= 15 is 0 Å². The van der Waals surface area contributed by atoms with E-state index in [0.29, 0.717) is 5.41 Å². The first-order chi connectivity index (χ1) is 9.05. The number of nitrogens with zero attached hydrogens (tertiary/aromatic N) is 1. The van der Waals surface area contributed by atoms with Crippen LogP contribution in [0.3, 0.4) is 0 Å². The number of hydrogen-bond donors (Lipinski definition) is 0. The molecule has 0 spiro atoms. The van der Waals surface area contributed by atoms with E-state index in [4.69, 9.17) is 4.74 Å². The molecule has 0 aliphatic carbocycles. The highest BCUT2D eigenvalue weighted by Gasteiger charge is 2.37. The van der Waals surface area contributed by atoms with Crippen molar-refractivity contribution in [1.29, 1.82) is 0 Å². The van der Waals surface area contributed by atoms with E-state index in [0.717, 1.165) is 5.75 Å². The first-order valence-electron chi connectivity index (χ1n) is 7.51. The minimum Gasteiger partial charge on any atom is -0.491 e. The van der Waals surface area contributed by atoms with Crippen LogP contribution in [0, 0.1) is 0 Å². The van der Waals surface area contributed by atoms with Gasteiger partial charge in [0.05, 0.1) is 6.10 Å². The molecular weight excluding hydrogens is 234 g/mol. The van der Waals surface area contributed by atoms with Crippen LogP contribution in [0.25, 0.3) is 0 Å². The van der Waals surface area contributed by atoms with Crippen molar-refractivity contribution in [2.24, 2.45) is 0 Å². The fourth-order valence-electron chi connectivity index (χ4n) is 3.31. The highest BCUT2D eigenvalue weighted by molar-refractivity contribution is 5.35. The zero-order valence-electron chi connectivity index (χ0n) is 12.8. The number of hydrogen-bond acceptors (Lipinski definition) is 2. The molecule has 1 aliphatic rings. The monoisotopic (exact) mass is 261 g/mol. The molecule has 0 saturated carbocycles. The topological polar surface area (TPSA) is 12.5 Å². The Hall–Kier alpha value is -1.02. The third-order valence-electron chi connectivity index (χ3n) is 4.09. The van der Waals surface area contributed by atoms with E-state index in [1.54, 1.807) is 0 Å². The van der Waals surface area contributed by atoms with E-state index < -0.39 is 0 Å². The first-order valence-corrected chi connectivity index (χ1v) is 7.51. The predicted molar refractivity (Wildman–Crippen MR) is 80.9 cm³/mol. The van der Waals surface area contributed by atoms with Crippen LogP contribution in [0.4, 0.5) is 0 Å². The molecule has 1 aromatic rings. The molecule has 0 amide bonds. The van der Waals surface area contributed by atoms with E-state index in [2.05, 4.69) is 57.0 Å².